The van der Waals surface area contributed by atoms with Crippen molar-refractivity contribution in [1.29, 1.82) is 0 Å². The first-order valence-corrected chi connectivity index (χ1v) is 7.06. The second kappa shape index (κ2) is 6.09. The second-order valence-corrected chi connectivity index (χ2v) is 5.31. The maximum absolute atomic E-state index is 13.1. The van der Waals surface area contributed by atoms with Gasteiger partial charge in [-0.1, -0.05) is 0 Å². The zero-order valence-electron chi connectivity index (χ0n) is 11.8. The Morgan fingerprint density at radius 2 is 1.91 bits per heavy atom. The van der Waals surface area contributed by atoms with Crippen LogP contribution in [0.4, 0.5) is 14.6 Å². The third-order valence-electron chi connectivity index (χ3n) is 3.33. The molecule has 2 N–H and O–H groups in total. The Morgan fingerprint density at radius 1 is 1.18 bits per heavy atom. The van der Waals surface area contributed by atoms with E-state index in [1.54, 1.807) is 12.1 Å². The van der Waals surface area contributed by atoms with Gasteiger partial charge >= 0.3 is 0 Å². The molecule has 1 fully saturated rings. The van der Waals surface area contributed by atoms with E-state index in [9.17, 15) is 13.6 Å². The Hall–Kier alpha value is -2.50. The fraction of sp³-hybridized carbons (Fsp3) is 0.250. The van der Waals surface area contributed by atoms with Crippen LogP contribution in [-0.4, -0.2) is 16.9 Å². The summed E-state index contributed by atoms with van der Waals surface area (Å²) in [5.41, 5.74) is 0.976. The van der Waals surface area contributed by atoms with E-state index in [4.69, 9.17) is 0 Å². The minimum Gasteiger partial charge on any atom is -0.366 e. The molecule has 1 amide bonds. The third-order valence-corrected chi connectivity index (χ3v) is 3.33. The van der Waals surface area contributed by atoms with Gasteiger partial charge in [0.15, 0.2) is 0 Å². The smallest absolute Gasteiger partial charge is 0.253 e. The molecule has 1 saturated carbocycles. The van der Waals surface area contributed by atoms with Gasteiger partial charge in [-0.2, -0.15) is 0 Å². The summed E-state index contributed by atoms with van der Waals surface area (Å²) < 4.78 is 26.2. The second-order valence-electron chi connectivity index (χ2n) is 5.31. The molecule has 2 aromatic rings. The van der Waals surface area contributed by atoms with E-state index in [0.717, 1.165) is 18.9 Å². The first-order valence-electron chi connectivity index (χ1n) is 7.06. The van der Waals surface area contributed by atoms with Gasteiger partial charge in [-0.3, -0.25) is 4.79 Å². The largest absolute Gasteiger partial charge is 0.366 e. The summed E-state index contributed by atoms with van der Waals surface area (Å²) in [7, 11) is 0. The van der Waals surface area contributed by atoms with Crippen LogP contribution in [0, 0.1) is 11.6 Å². The highest BCUT2D eigenvalue weighted by Crippen LogP contribution is 2.19. The standard InChI is InChI=1S/C16H15F2N3O/c17-12-5-10(6-13(18)7-12)8-19-15-4-1-11(9-20-15)16(22)21-14-2-3-14/h1,4-7,9,14H,2-3,8H2,(H,19,20)(H,21,22). The topological polar surface area (TPSA) is 54.0 Å². The van der Waals surface area contributed by atoms with Crippen molar-refractivity contribution in [2.24, 2.45) is 0 Å². The lowest BCUT2D eigenvalue weighted by atomic mass is 10.2. The molecule has 0 spiro atoms. The van der Waals surface area contributed by atoms with Crippen LogP contribution < -0.4 is 10.6 Å². The lowest BCUT2D eigenvalue weighted by Crippen LogP contribution is -2.25. The summed E-state index contributed by atoms with van der Waals surface area (Å²) in [4.78, 5) is 15.9. The number of benzene rings is 1. The molecule has 1 aliphatic carbocycles. The number of aromatic nitrogens is 1. The van der Waals surface area contributed by atoms with Crippen LogP contribution in [0.2, 0.25) is 0 Å². The summed E-state index contributed by atoms with van der Waals surface area (Å²) in [6.45, 7) is 0.245. The molecule has 1 aromatic heterocycles. The van der Waals surface area contributed by atoms with E-state index >= 15 is 0 Å². The number of pyridine rings is 1. The lowest BCUT2D eigenvalue weighted by molar-refractivity contribution is 0.0950. The number of hydrogen-bond donors (Lipinski definition) is 2. The molecule has 22 heavy (non-hydrogen) atoms. The van der Waals surface area contributed by atoms with Crippen LogP contribution in [0.5, 0.6) is 0 Å². The predicted molar refractivity (Wildman–Crippen MR) is 78.4 cm³/mol. The molecule has 3 rings (SSSR count). The number of rotatable bonds is 5. The van der Waals surface area contributed by atoms with Gasteiger partial charge in [-0.25, -0.2) is 13.8 Å². The maximum atomic E-state index is 13.1. The summed E-state index contributed by atoms with van der Waals surface area (Å²) >= 11 is 0. The normalized spacial score (nSPS) is 13.7. The molecule has 114 valence electrons. The summed E-state index contributed by atoms with van der Waals surface area (Å²) in [5, 5.41) is 5.84. The Morgan fingerprint density at radius 3 is 2.50 bits per heavy atom. The fourth-order valence-electron chi connectivity index (χ4n) is 2.03. The van der Waals surface area contributed by atoms with Gasteiger partial charge in [-0.05, 0) is 42.7 Å². The number of nitrogens with zero attached hydrogens (tertiary/aromatic N) is 1. The van der Waals surface area contributed by atoms with Crippen LogP contribution in [0.15, 0.2) is 36.5 Å². The number of nitrogens with one attached hydrogen (secondary N) is 2. The minimum atomic E-state index is -0.614. The molecule has 1 aliphatic rings. The van der Waals surface area contributed by atoms with Gasteiger partial charge in [0.05, 0.1) is 5.56 Å². The van der Waals surface area contributed by atoms with E-state index in [0.29, 0.717) is 23.0 Å². The molecule has 0 unspecified atom stereocenters. The highest BCUT2D eigenvalue weighted by molar-refractivity contribution is 5.94. The SMILES string of the molecule is O=C(NC1CC1)c1ccc(NCc2cc(F)cc(F)c2)nc1. The molecule has 1 aromatic carbocycles. The van der Waals surface area contributed by atoms with Crippen molar-refractivity contribution >= 4 is 11.7 Å². The third kappa shape index (κ3) is 3.78. The van der Waals surface area contributed by atoms with Crippen LogP contribution >= 0.6 is 0 Å². The Labute approximate surface area is 126 Å². The molecule has 0 aliphatic heterocycles. The van der Waals surface area contributed by atoms with Crippen molar-refractivity contribution < 1.29 is 13.6 Å². The van der Waals surface area contributed by atoms with Crippen molar-refractivity contribution in [2.75, 3.05) is 5.32 Å². The summed E-state index contributed by atoms with van der Waals surface area (Å²) in [6.07, 6.45) is 3.54. The van der Waals surface area contributed by atoms with Crippen molar-refractivity contribution in [3.8, 4) is 0 Å². The van der Waals surface area contributed by atoms with Gasteiger partial charge in [-0.15, -0.1) is 0 Å². The highest BCUT2D eigenvalue weighted by Gasteiger charge is 2.23. The van der Waals surface area contributed by atoms with E-state index in [-0.39, 0.29) is 12.5 Å². The van der Waals surface area contributed by atoms with Gasteiger partial charge < -0.3 is 10.6 Å². The monoisotopic (exact) mass is 303 g/mol. The van der Waals surface area contributed by atoms with Crippen LogP contribution in [-0.2, 0) is 6.54 Å². The Balaban J connectivity index is 1.59. The van der Waals surface area contributed by atoms with E-state index in [2.05, 4.69) is 15.6 Å². The number of halogens is 2. The molecule has 0 atom stereocenters. The number of carbonyl (C=O) groups is 1. The molecule has 4 nitrogen and oxygen atoms in total. The fourth-order valence-corrected chi connectivity index (χ4v) is 2.03. The maximum Gasteiger partial charge on any atom is 0.253 e. The average molecular weight is 303 g/mol. The summed E-state index contributed by atoms with van der Waals surface area (Å²) in [6, 6.07) is 6.97. The number of amides is 1. The van der Waals surface area contributed by atoms with Gasteiger partial charge in [0.1, 0.15) is 17.5 Å². The number of carbonyl (C=O) groups excluding carboxylic acids is 1. The highest BCUT2D eigenvalue weighted by atomic mass is 19.1. The van der Waals surface area contributed by atoms with Crippen molar-refractivity contribution in [1.82, 2.24) is 10.3 Å². The van der Waals surface area contributed by atoms with Gasteiger partial charge in [0.25, 0.3) is 5.91 Å². The molecule has 1 heterocycles. The Bertz CT molecular complexity index is 664. The zero-order valence-corrected chi connectivity index (χ0v) is 11.8. The molecule has 0 saturated heterocycles. The number of hydrogen-bond acceptors (Lipinski definition) is 3. The van der Waals surface area contributed by atoms with Crippen molar-refractivity contribution in [3.05, 3.63) is 59.3 Å². The zero-order chi connectivity index (χ0) is 15.5. The predicted octanol–water partition coefficient (Wildman–Crippen LogP) is 2.86. The van der Waals surface area contributed by atoms with Crippen molar-refractivity contribution in [2.45, 2.75) is 25.4 Å². The quantitative estimate of drug-likeness (QED) is 0.893. The molecule has 6 heteroatoms. The van der Waals surface area contributed by atoms with E-state index in [1.807, 2.05) is 0 Å². The molecule has 0 radical (unpaired) electrons. The lowest BCUT2D eigenvalue weighted by Gasteiger charge is -2.07. The molecular weight excluding hydrogens is 288 g/mol. The van der Waals surface area contributed by atoms with Crippen molar-refractivity contribution in [3.63, 3.8) is 0 Å². The Kier molecular flexibility index (Phi) is 4.00. The van der Waals surface area contributed by atoms with Crippen LogP contribution in [0.1, 0.15) is 28.8 Å². The first-order chi connectivity index (χ1) is 10.6. The van der Waals surface area contributed by atoms with Gasteiger partial charge in [0, 0.05) is 24.8 Å². The summed E-state index contributed by atoms with van der Waals surface area (Å²) in [5.74, 6) is -0.824. The van der Waals surface area contributed by atoms with Gasteiger partial charge in [0.2, 0.25) is 0 Å². The van der Waals surface area contributed by atoms with Crippen LogP contribution in [0.3, 0.4) is 0 Å². The number of anilines is 1. The van der Waals surface area contributed by atoms with E-state index < -0.39 is 11.6 Å². The minimum absolute atomic E-state index is 0.131. The average Bonchev–Trinajstić information content (AvgIpc) is 3.28. The molecule has 0 bridgehead atoms. The molecular formula is C16H15F2N3O. The van der Waals surface area contributed by atoms with Crippen LogP contribution in [0.25, 0.3) is 0 Å². The van der Waals surface area contributed by atoms with E-state index in [1.165, 1.54) is 18.3 Å². The first kappa shape index (κ1) is 14.4.